The Kier molecular flexibility index (Phi) is 6.98. The van der Waals surface area contributed by atoms with Crippen molar-refractivity contribution in [2.24, 2.45) is 0 Å². The van der Waals surface area contributed by atoms with Crippen LogP contribution in [-0.2, 0) is 6.54 Å². The monoisotopic (exact) mass is 316 g/mol. The Balaban J connectivity index is 1.64. The Morgan fingerprint density at radius 2 is 1.96 bits per heavy atom. The summed E-state index contributed by atoms with van der Waals surface area (Å²) in [6, 6.07) is 7.72. The van der Waals surface area contributed by atoms with Gasteiger partial charge < -0.3 is 15.4 Å². The summed E-state index contributed by atoms with van der Waals surface area (Å²) in [5, 5.41) is 5.81. The highest BCUT2D eigenvalue weighted by Crippen LogP contribution is 2.19. The molecule has 0 unspecified atom stereocenters. The Labute approximate surface area is 139 Å². The summed E-state index contributed by atoms with van der Waals surface area (Å²) in [7, 11) is 0. The maximum atomic E-state index is 11.8. The molecule has 1 aromatic carbocycles. The lowest BCUT2D eigenvalue weighted by molar-refractivity contribution is 0.240. The zero-order valence-corrected chi connectivity index (χ0v) is 14.2. The summed E-state index contributed by atoms with van der Waals surface area (Å²) in [6.45, 7) is 5.24. The van der Waals surface area contributed by atoms with Gasteiger partial charge in [-0.2, -0.15) is 0 Å². The number of carbonyl (C=O) groups excluding carboxylic acids is 1. The zero-order chi connectivity index (χ0) is 16.5. The third kappa shape index (κ3) is 6.76. The number of ether oxygens (including phenoxy) is 1. The van der Waals surface area contributed by atoms with Crippen LogP contribution in [0.2, 0.25) is 0 Å². The Morgan fingerprint density at radius 3 is 2.61 bits per heavy atom. The van der Waals surface area contributed by atoms with E-state index in [4.69, 9.17) is 4.74 Å². The van der Waals surface area contributed by atoms with Gasteiger partial charge in [0.25, 0.3) is 0 Å². The second-order valence-corrected chi connectivity index (χ2v) is 6.28. The standard InChI is InChI=1S/C19H28N2O2/c1-15(2)23-18-10-8-17(9-11-18)14-21-19(22)20-13-12-16-6-4-3-5-7-16/h6,8-11,15H,3-5,7,12-14H2,1-2H3,(H2,20,21,22). The van der Waals surface area contributed by atoms with Crippen molar-refractivity contribution in [3.8, 4) is 5.75 Å². The second kappa shape index (κ2) is 9.23. The van der Waals surface area contributed by atoms with Crippen molar-refractivity contribution in [1.82, 2.24) is 10.6 Å². The molecular formula is C19H28N2O2. The molecule has 4 heteroatoms. The van der Waals surface area contributed by atoms with Crippen LogP contribution in [0, 0.1) is 0 Å². The van der Waals surface area contributed by atoms with Crippen LogP contribution in [0.3, 0.4) is 0 Å². The average Bonchev–Trinajstić information content (AvgIpc) is 2.55. The minimum absolute atomic E-state index is 0.107. The second-order valence-electron chi connectivity index (χ2n) is 6.28. The van der Waals surface area contributed by atoms with E-state index in [0.717, 1.165) is 17.7 Å². The molecule has 0 aliphatic heterocycles. The van der Waals surface area contributed by atoms with E-state index in [0.29, 0.717) is 13.1 Å². The number of urea groups is 1. The Hall–Kier alpha value is -1.97. The van der Waals surface area contributed by atoms with Gasteiger partial charge in [0.2, 0.25) is 0 Å². The average molecular weight is 316 g/mol. The van der Waals surface area contributed by atoms with Gasteiger partial charge in [0.1, 0.15) is 5.75 Å². The topological polar surface area (TPSA) is 50.4 Å². The molecule has 0 bridgehead atoms. The molecule has 0 fully saturated rings. The minimum Gasteiger partial charge on any atom is -0.491 e. The number of benzene rings is 1. The largest absolute Gasteiger partial charge is 0.491 e. The maximum absolute atomic E-state index is 11.8. The van der Waals surface area contributed by atoms with Crippen molar-refractivity contribution in [2.75, 3.05) is 6.54 Å². The molecule has 0 saturated heterocycles. The first-order valence-electron chi connectivity index (χ1n) is 8.58. The van der Waals surface area contributed by atoms with Crippen molar-refractivity contribution >= 4 is 6.03 Å². The third-order valence-electron chi connectivity index (χ3n) is 3.86. The lowest BCUT2D eigenvalue weighted by Crippen LogP contribution is -2.35. The number of nitrogens with one attached hydrogen (secondary N) is 2. The highest BCUT2D eigenvalue weighted by Gasteiger charge is 2.05. The van der Waals surface area contributed by atoms with Gasteiger partial charge in [-0.25, -0.2) is 4.79 Å². The van der Waals surface area contributed by atoms with E-state index in [9.17, 15) is 4.79 Å². The van der Waals surface area contributed by atoms with E-state index in [1.54, 1.807) is 0 Å². The fourth-order valence-corrected chi connectivity index (χ4v) is 2.67. The van der Waals surface area contributed by atoms with E-state index in [2.05, 4.69) is 16.7 Å². The predicted molar refractivity (Wildman–Crippen MR) is 93.6 cm³/mol. The van der Waals surface area contributed by atoms with Gasteiger partial charge in [-0.3, -0.25) is 0 Å². The van der Waals surface area contributed by atoms with Crippen molar-refractivity contribution in [2.45, 2.75) is 58.6 Å². The molecule has 4 nitrogen and oxygen atoms in total. The van der Waals surface area contributed by atoms with Crippen LogP contribution in [0.1, 0.15) is 51.5 Å². The van der Waals surface area contributed by atoms with Gasteiger partial charge >= 0.3 is 6.03 Å². The van der Waals surface area contributed by atoms with Gasteiger partial charge in [0, 0.05) is 13.1 Å². The zero-order valence-electron chi connectivity index (χ0n) is 14.2. The van der Waals surface area contributed by atoms with Crippen molar-refractivity contribution in [3.05, 3.63) is 41.5 Å². The quantitative estimate of drug-likeness (QED) is 0.742. The van der Waals surface area contributed by atoms with Crippen LogP contribution in [-0.4, -0.2) is 18.7 Å². The molecule has 0 aromatic heterocycles. The van der Waals surface area contributed by atoms with Crippen LogP contribution in [0.4, 0.5) is 4.79 Å². The van der Waals surface area contributed by atoms with E-state index in [1.807, 2.05) is 38.1 Å². The molecule has 0 atom stereocenters. The van der Waals surface area contributed by atoms with Gasteiger partial charge in [0.15, 0.2) is 0 Å². The van der Waals surface area contributed by atoms with E-state index >= 15 is 0 Å². The molecule has 23 heavy (non-hydrogen) atoms. The molecule has 1 aliphatic carbocycles. The maximum Gasteiger partial charge on any atom is 0.315 e. The first-order chi connectivity index (χ1) is 11.1. The lowest BCUT2D eigenvalue weighted by Gasteiger charge is -2.13. The number of amides is 2. The minimum atomic E-state index is -0.107. The van der Waals surface area contributed by atoms with Crippen LogP contribution >= 0.6 is 0 Å². The van der Waals surface area contributed by atoms with Crippen LogP contribution in [0.15, 0.2) is 35.9 Å². The van der Waals surface area contributed by atoms with Gasteiger partial charge in [-0.1, -0.05) is 23.8 Å². The molecule has 0 heterocycles. The van der Waals surface area contributed by atoms with E-state index in [-0.39, 0.29) is 12.1 Å². The third-order valence-corrected chi connectivity index (χ3v) is 3.86. The predicted octanol–water partition coefficient (Wildman–Crippen LogP) is 4.16. The lowest BCUT2D eigenvalue weighted by atomic mass is 9.97. The molecule has 1 aliphatic rings. The van der Waals surface area contributed by atoms with Crippen molar-refractivity contribution in [3.63, 3.8) is 0 Å². The summed E-state index contributed by atoms with van der Waals surface area (Å²) >= 11 is 0. The number of carbonyl (C=O) groups is 1. The summed E-state index contributed by atoms with van der Waals surface area (Å²) in [5.41, 5.74) is 2.54. The van der Waals surface area contributed by atoms with Crippen LogP contribution in [0.25, 0.3) is 0 Å². The SMILES string of the molecule is CC(C)Oc1ccc(CNC(=O)NCCC2=CCCCC2)cc1. The fourth-order valence-electron chi connectivity index (χ4n) is 2.67. The van der Waals surface area contributed by atoms with Crippen LogP contribution in [0.5, 0.6) is 5.75 Å². The van der Waals surface area contributed by atoms with Gasteiger partial charge in [-0.05, 0) is 63.6 Å². The molecule has 1 aromatic rings. The fraction of sp³-hybridized carbons (Fsp3) is 0.526. The first kappa shape index (κ1) is 17.4. The summed E-state index contributed by atoms with van der Waals surface area (Å²) < 4.78 is 5.60. The molecule has 0 saturated carbocycles. The van der Waals surface area contributed by atoms with Crippen molar-refractivity contribution < 1.29 is 9.53 Å². The van der Waals surface area contributed by atoms with Gasteiger partial charge in [-0.15, -0.1) is 0 Å². The molecule has 2 rings (SSSR count). The normalized spacial score (nSPS) is 14.3. The number of rotatable bonds is 7. The molecular weight excluding hydrogens is 288 g/mol. The summed E-state index contributed by atoms with van der Waals surface area (Å²) in [5.74, 6) is 0.856. The Morgan fingerprint density at radius 1 is 1.17 bits per heavy atom. The van der Waals surface area contributed by atoms with Crippen LogP contribution < -0.4 is 15.4 Å². The molecule has 126 valence electrons. The van der Waals surface area contributed by atoms with Gasteiger partial charge in [0.05, 0.1) is 6.10 Å². The summed E-state index contributed by atoms with van der Waals surface area (Å²) in [4.78, 5) is 11.8. The van der Waals surface area contributed by atoms with E-state index in [1.165, 1.54) is 31.3 Å². The number of hydrogen-bond acceptors (Lipinski definition) is 2. The molecule has 0 spiro atoms. The summed E-state index contributed by atoms with van der Waals surface area (Å²) in [6.07, 6.45) is 8.43. The highest BCUT2D eigenvalue weighted by atomic mass is 16.5. The molecule has 0 radical (unpaired) electrons. The highest BCUT2D eigenvalue weighted by molar-refractivity contribution is 5.73. The van der Waals surface area contributed by atoms with Crippen molar-refractivity contribution in [1.29, 1.82) is 0 Å². The van der Waals surface area contributed by atoms with E-state index < -0.39 is 0 Å². The molecule has 2 N–H and O–H groups in total. The first-order valence-corrected chi connectivity index (χ1v) is 8.58. The number of hydrogen-bond donors (Lipinski definition) is 2. The molecule has 2 amide bonds. The smallest absolute Gasteiger partial charge is 0.315 e. The number of allylic oxidation sites excluding steroid dienone is 1. The Bertz CT molecular complexity index is 521.